The molecule has 1 aromatic carbocycles. The van der Waals surface area contributed by atoms with Crippen LogP contribution in [0.4, 0.5) is 0 Å². The summed E-state index contributed by atoms with van der Waals surface area (Å²) in [5.74, 6) is 0.346. The average Bonchev–Trinajstić information content (AvgIpc) is 2.49. The smallest absolute Gasteiger partial charge is 0.115 e. The summed E-state index contributed by atoms with van der Waals surface area (Å²) < 4.78 is 0. The molecule has 0 amide bonds. The molecule has 1 atom stereocenters. The third-order valence-corrected chi connectivity index (χ3v) is 4.41. The van der Waals surface area contributed by atoms with Gasteiger partial charge < -0.3 is 15.3 Å². The maximum absolute atomic E-state index is 9.32. The molecule has 3 nitrogen and oxygen atoms in total. The van der Waals surface area contributed by atoms with Crippen molar-refractivity contribution in [1.29, 1.82) is 0 Å². The molecule has 21 heavy (non-hydrogen) atoms. The molecule has 1 unspecified atom stereocenters. The van der Waals surface area contributed by atoms with E-state index in [1.165, 1.54) is 50.9 Å². The number of nitrogens with zero attached hydrogens (tertiary/aromatic N) is 1. The van der Waals surface area contributed by atoms with Gasteiger partial charge in [0.25, 0.3) is 0 Å². The standard InChI is InChI=1S/C18H30N2O/c1-3-4-11-20-12-9-17(10-13-20)19-15(2)14-16-5-7-18(21)8-6-16/h5-8,15,17,19,21H,3-4,9-14H2,1-2H3. The molecule has 2 N–H and O–H groups in total. The molecule has 1 heterocycles. The van der Waals surface area contributed by atoms with Gasteiger partial charge >= 0.3 is 0 Å². The number of phenols is 1. The summed E-state index contributed by atoms with van der Waals surface area (Å²) in [4.78, 5) is 2.60. The molecule has 0 saturated carbocycles. The van der Waals surface area contributed by atoms with Gasteiger partial charge in [-0.25, -0.2) is 0 Å². The summed E-state index contributed by atoms with van der Waals surface area (Å²) in [5, 5.41) is 13.1. The third-order valence-electron chi connectivity index (χ3n) is 4.41. The Hall–Kier alpha value is -1.06. The van der Waals surface area contributed by atoms with Crippen molar-refractivity contribution < 1.29 is 5.11 Å². The van der Waals surface area contributed by atoms with Gasteiger partial charge in [0.15, 0.2) is 0 Å². The molecule has 1 aliphatic heterocycles. The monoisotopic (exact) mass is 290 g/mol. The lowest BCUT2D eigenvalue weighted by Gasteiger charge is -2.34. The lowest BCUT2D eigenvalue weighted by Crippen LogP contribution is -2.46. The molecule has 0 aliphatic carbocycles. The van der Waals surface area contributed by atoms with E-state index in [4.69, 9.17) is 0 Å². The highest BCUT2D eigenvalue weighted by Crippen LogP contribution is 2.14. The van der Waals surface area contributed by atoms with Crippen molar-refractivity contribution in [2.45, 2.75) is 58.0 Å². The van der Waals surface area contributed by atoms with Gasteiger partial charge in [-0.05, 0) is 69.9 Å². The molecular weight excluding hydrogens is 260 g/mol. The van der Waals surface area contributed by atoms with Crippen LogP contribution in [0.15, 0.2) is 24.3 Å². The highest BCUT2D eigenvalue weighted by Gasteiger charge is 2.19. The normalized spacial score (nSPS) is 18.8. The van der Waals surface area contributed by atoms with E-state index in [1.54, 1.807) is 12.1 Å². The van der Waals surface area contributed by atoms with Gasteiger partial charge in [0, 0.05) is 12.1 Å². The second-order valence-corrected chi connectivity index (χ2v) is 6.41. The molecule has 1 fully saturated rings. The zero-order valence-electron chi connectivity index (χ0n) is 13.5. The summed E-state index contributed by atoms with van der Waals surface area (Å²) >= 11 is 0. The first kappa shape index (κ1) is 16.3. The van der Waals surface area contributed by atoms with Gasteiger partial charge in [0.05, 0.1) is 0 Å². The minimum Gasteiger partial charge on any atom is -0.508 e. The zero-order chi connectivity index (χ0) is 15.1. The Bertz CT molecular complexity index is 396. The average molecular weight is 290 g/mol. The van der Waals surface area contributed by atoms with Gasteiger partial charge in [-0.15, -0.1) is 0 Å². The number of hydrogen-bond donors (Lipinski definition) is 2. The highest BCUT2D eigenvalue weighted by atomic mass is 16.3. The number of piperidine rings is 1. The lowest BCUT2D eigenvalue weighted by atomic mass is 10.0. The number of unbranched alkanes of at least 4 members (excludes halogenated alkanes) is 1. The summed E-state index contributed by atoms with van der Waals surface area (Å²) in [5.41, 5.74) is 1.29. The minimum atomic E-state index is 0.346. The van der Waals surface area contributed by atoms with Crippen molar-refractivity contribution in [3.8, 4) is 5.75 Å². The van der Waals surface area contributed by atoms with Gasteiger partial charge in [0.2, 0.25) is 0 Å². The van der Waals surface area contributed by atoms with Crippen molar-refractivity contribution >= 4 is 0 Å². The molecule has 1 aromatic rings. The molecule has 0 radical (unpaired) electrons. The van der Waals surface area contributed by atoms with E-state index in [2.05, 4.69) is 24.1 Å². The molecule has 0 aromatic heterocycles. The van der Waals surface area contributed by atoms with Gasteiger partial charge in [0.1, 0.15) is 5.75 Å². The lowest BCUT2D eigenvalue weighted by molar-refractivity contribution is 0.190. The van der Waals surface area contributed by atoms with Gasteiger partial charge in [-0.1, -0.05) is 25.5 Å². The number of aromatic hydroxyl groups is 1. The van der Waals surface area contributed by atoms with E-state index in [0.29, 0.717) is 17.8 Å². The Morgan fingerprint density at radius 1 is 1.24 bits per heavy atom. The topological polar surface area (TPSA) is 35.5 Å². The first-order chi connectivity index (χ1) is 10.2. The van der Waals surface area contributed by atoms with Crippen LogP contribution in [-0.4, -0.2) is 41.7 Å². The number of phenolic OH excluding ortho intramolecular Hbond substituents is 1. The Balaban J connectivity index is 1.69. The number of nitrogens with one attached hydrogen (secondary N) is 1. The van der Waals surface area contributed by atoms with Crippen LogP contribution < -0.4 is 5.32 Å². The van der Waals surface area contributed by atoms with Crippen LogP contribution in [0.3, 0.4) is 0 Å². The highest BCUT2D eigenvalue weighted by molar-refractivity contribution is 5.26. The zero-order valence-corrected chi connectivity index (χ0v) is 13.5. The van der Waals surface area contributed by atoms with E-state index in [1.807, 2.05) is 12.1 Å². The van der Waals surface area contributed by atoms with E-state index in [-0.39, 0.29) is 0 Å². The number of benzene rings is 1. The maximum Gasteiger partial charge on any atom is 0.115 e. The van der Waals surface area contributed by atoms with E-state index in [0.717, 1.165) is 6.42 Å². The second kappa shape index (κ2) is 8.40. The van der Waals surface area contributed by atoms with E-state index < -0.39 is 0 Å². The number of likely N-dealkylation sites (tertiary alicyclic amines) is 1. The molecular formula is C18H30N2O. The van der Waals surface area contributed by atoms with Crippen molar-refractivity contribution in [2.24, 2.45) is 0 Å². The Morgan fingerprint density at radius 2 is 1.90 bits per heavy atom. The predicted molar refractivity (Wildman–Crippen MR) is 88.8 cm³/mol. The molecule has 3 heteroatoms. The summed E-state index contributed by atoms with van der Waals surface area (Å²) in [6, 6.07) is 8.72. The first-order valence-corrected chi connectivity index (χ1v) is 8.43. The molecule has 0 bridgehead atoms. The SMILES string of the molecule is CCCCN1CCC(NC(C)Cc2ccc(O)cc2)CC1. The fourth-order valence-corrected chi connectivity index (χ4v) is 3.15. The predicted octanol–water partition coefficient (Wildman–Crippen LogP) is 3.18. The van der Waals surface area contributed by atoms with Crippen LogP contribution in [-0.2, 0) is 6.42 Å². The maximum atomic E-state index is 9.32. The van der Waals surface area contributed by atoms with Gasteiger partial charge in [-0.2, -0.15) is 0 Å². The molecule has 1 saturated heterocycles. The second-order valence-electron chi connectivity index (χ2n) is 6.41. The number of rotatable bonds is 7. The van der Waals surface area contributed by atoms with Crippen LogP contribution in [0.1, 0.15) is 45.1 Å². The molecule has 2 rings (SSSR count). The van der Waals surface area contributed by atoms with Crippen molar-refractivity contribution in [3.63, 3.8) is 0 Å². The molecule has 118 valence electrons. The van der Waals surface area contributed by atoms with Crippen molar-refractivity contribution in [3.05, 3.63) is 29.8 Å². The van der Waals surface area contributed by atoms with Gasteiger partial charge in [-0.3, -0.25) is 0 Å². The minimum absolute atomic E-state index is 0.346. The van der Waals surface area contributed by atoms with Crippen molar-refractivity contribution in [1.82, 2.24) is 10.2 Å². The summed E-state index contributed by atoms with van der Waals surface area (Å²) in [6.45, 7) is 8.27. The molecule has 0 spiro atoms. The van der Waals surface area contributed by atoms with E-state index >= 15 is 0 Å². The third kappa shape index (κ3) is 5.68. The largest absolute Gasteiger partial charge is 0.508 e. The van der Waals surface area contributed by atoms with Crippen molar-refractivity contribution in [2.75, 3.05) is 19.6 Å². The fraction of sp³-hybridized carbons (Fsp3) is 0.667. The first-order valence-electron chi connectivity index (χ1n) is 8.43. The van der Waals surface area contributed by atoms with Crippen LogP contribution in [0, 0.1) is 0 Å². The van der Waals surface area contributed by atoms with Crippen LogP contribution in [0.25, 0.3) is 0 Å². The Morgan fingerprint density at radius 3 is 2.52 bits per heavy atom. The Kier molecular flexibility index (Phi) is 6.52. The van der Waals surface area contributed by atoms with Crippen LogP contribution >= 0.6 is 0 Å². The summed E-state index contributed by atoms with van der Waals surface area (Å²) in [7, 11) is 0. The van der Waals surface area contributed by atoms with Crippen LogP contribution in [0.2, 0.25) is 0 Å². The van der Waals surface area contributed by atoms with Crippen LogP contribution in [0.5, 0.6) is 5.75 Å². The fourth-order valence-electron chi connectivity index (χ4n) is 3.15. The summed E-state index contributed by atoms with van der Waals surface area (Å²) in [6.07, 6.45) is 6.18. The van der Waals surface area contributed by atoms with E-state index in [9.17, 15) is 5.11 Å². The number of hydrogen-bond acceptors (Lipinski definition) is 3. The Labute approximate surface area is 129 Å². The quantitative estimate of drug-likeness (QED) is 0.809. The molecule has 1 aliphatic rings.